The SMILES string of the molecule is CC(=O)N(c1nc(COC(=O)c2ccc(Cn3cccn3)o2)cs1)c1c(C)cc(C)cc1Cl. The average molecular weight is 485 g/mol. The highest BCUT2D eigenvalue weighted by Crippen LogP contribution is 2.37. The minimum Gasteiger partial charge on any atom is -0.453 e. The lowest BCUT2D eigenvalue weighted by atomic mass is 10.1. The molecule has 0 spiro atoms. The van der Waals surface area contributed by atoms with Gasteiger partial charge in [0.05, 0.1) is 22.9 Å². The van der Waals surface area contributed by atoms with Gasteiger partial charge in [-0.15, -0.1) is 11.3 Å². The number of thiazole rings is 1. The molecule has 0 N–H and O–H groups in total. The molecule has 0 saturated heterocycles. The van der Waals surface area contributed by atoms with Crippen LogP contribution in [0.2, 0.25) is 5.02 Å². The zero-order valence-electron chi connectivity index (χ0n) is 18.2. The number of benzene rings is 1. The molecule has 1 aromatic carbocycles. The highest BCUT2D eigenvalue weighted by atomic mass is 35.5. The summed E-state index contributed by atoms with van der Waals surface area (Å²) in [5.41, 5.74) is 2.97. The third-order valence-corrected chi connectivity index (χ3v) is 5.92. The number of anilines is 2. The lowest BCUT2D eigenvalue weighted by Crippen LogP contribution is -2.24. The Kier molecular flexibility index (Phi) is 6.62. The van der Waals surface area contributed by atoms with Crippen molar-refractivity contribution in [2.75, 3.05) is 4.90 Å². The Balaban J connectivity index is 1.44. The number of hydrogen-bond acceptors (Lipinski definition) is 7. The lowest BCUT2D eigenvalue weighted by Gasteiger charge is -2.22. The van der Waals surface area contributed by atoms with E-state index in [9.17, 15) is 9.59 Å². The number of furan rings is 1. The highest BCUT2D eigenvalue weighted by Gasteiger charge is 2.23. The molecule has 3 aromatic heterocycles. The fourth-order valence-corrected chi connectivity index (χ4v) is 4.64. The van der Waals surface area contributed by atoms with Gasteiger partial charge in [-0.1, -0.05) is 17.7 Å². The molecule has 8 nitrogen and oxygen atoms in total. The summed E-state index contributed by atoms with van der Waals surface area (Å²) in [6, 6.07) is 8.84. The van der Waals surface area contributed by atoms with Gasteiger partial charge in [-0.2, -0.15) is 5.10 Å². The van der Waals surface area contributed by atoms with E-state index in [2.05, 4.69) is 10.1 Å². The monoisotopic (exact) mass is 484 g/mol. The number of amides is 1. The second-order valence-electron chi connectivity index (χ2n) is 7.43. The molecule has 0 saturated carbocycles. The van der Waals surface area contributed by atoms with Crippen LogP contribution in [-0.2, 0) is 22.7 Å². The molecule has 0 aliphatic carbocycles. The Morgan fingerprint density at radius 1 is 1.27 bits per heavy atom. The van der Waals surface area contributed by atoms with Crippen LogP contribution in [0.15, 0.2) is 52.5 Å². The van der Waals surface area contributed by atoms with Crippen molar-refractivity contribution in [1.29, 1.82) is 0 Å². The maximum atomic E-state index is 12.4. The van der Waals surface area contributed by atoms with Crippen LogP contribution in [0, 0.1) is 13.8 Å². The summed E-state index contributed by atoms with van der Waals surface area (Å²) in [5.74, 6) is -0.136. The number of esters is 1. The van der Waals surface area contributed by atoms with Crippen LogP contribution in [0.3, 0.4) is 0 Å². The number of ether oxygens (including phenoxy) is 1. The summed E-state index contributed by atoms with van der Waals surface area (Å²) in [5, 5.41) is 6.76. The first kappa shape index (κ1) is 22.8. The molecular weight excluding hydrogens is 464 g/mol. The summed E-state index contributed by atoms with van der Waals surface area (Å²) in [7, 11) is 0. The van der Waals surface area contributed by atoms with Crippen molar-refractivity contribution in [3.63, 3.8) is 0 Å². The van der Waals surface area contributed by atoms with Crippen LogP contribution < -0.4 is 4.90 Å². The zero-order chi connectivity index (χ0) is 23.5. The predicted octanol–water partition coefficient (Wildman–Crippen LogP) is 5.29. The fraction of sp³-hybridized carbons (Fsp3) is 0.217. The molecule has 170 valence electrons. The second kappa shape index (κ2) is 9.60. The van der Waals surface area contributed by atoms with Gasteiger partial charge in [0.25, 0.3) is 0 Å². The van der Waals surface area contributed by atoms with Gasteiger partial charge in [0, 0.05) is 24.7 Å². The Labute approximate surface area is 199 Å². The molecule has 0 atom stereocenters. The number of aryl methyl sites for hydroxylation is 2. The van der Waals surface area contributed by atoms with Crippen LogP contribution >= 0.6 is 22.9 Å². The normalized spacial score (nSPS) is 10.9. The van der Waals surface area contributed by atoms with E-state index in [1.54, 1.807) is 40.7 Å². The number of nitrogens with zero attached hydrogens (tertiary/aromatic N) is 4. The first-order valence-electron chi connectivity index (χ1n) is 10.1. The van der Waals surface area contributed by atoms with Crippen molar-refractivity contribution < 1.29 is 18.7 Å². The predicted molar refractivity (Wildman–Crippen MR) is 125 cm³/mol. The van der Waals surface area contributed by atoms with E-state index in [0.717, 1.165) is 11.1 Å². The highest BCUT2D eigenvalue weighted by molar-refractivity contribution is 7.14. The summed E-state index contributed by atoms with van der Waals surface area (Å²) in [4.78, 5) is 30.8. The van der Waals surface area contributed by atoms with Crippen LogP contribution in [-0.4, -0.2) is 26.6 Å². The molecule has 0 aliphatic rings. The van der Waals surface area contributed by atoms with Crippen molar-refractivity contribution in [2.24, 2.45) is 0 Å². The van der Waals surface area contributed by atoms with Crippen LogP contribution in [0.4, 0.5) is 10.8 Å². The number of aromatic nitrogens is 3. The maximum Gasteiger partial charge on any atom is 0.374 e. The molecule has 33 heavy (non-hydrogen) atoms. The molecule has 0 radical (unpaired) electrons. The van der Waals surface area contributed by atoms with Crippen LogP contribution in [0.5, 0.6) is 0 Å². The van der Waals surface area contributed by atoms with E-state index >= 15 is 0 Å². The van der Waals surface area contributed by atoms with Gasteiger partial charge in [0.2, 0.25) is 11.7 Å². The average Bonchev–Trinajstić information content (AvgIpc) is 3.51. The number of carbonyl (C=O) groups excluding carboxylic acids is 2. The molecule has 10 heteroatoms. The van der Waals surface area contributed by atoms with E-state index in [4.69, 9.17) is 20.8 Å². The van der Waals surface area contributed by atoms with Gasteiger partial charge in [0.15, 0.2) is 5.13 Å². The molecule has 3 heterocycles. The molecule has 1 amide bonds. The third kappa shape index (κ3) is 5.15. The van der Waals surface area contributed by atoms with E-state index in [1.807, 2.05) is 26.0 Å². The smallest absolute Gasteiger partial charge is 0.374 e. The Hall–Kier alpha value is -3.43. The van der Waals surface area contributed by atoms with E-state index in [1.165, 1.54) is 23.2 Å². The van der Waals surface area contributed by atoms with Gasteiger partial charge >= 0.3 is 5.97 Å². The molecule has 4 rings (SSSR count). The maximum absolute atomic E-state index is 12.4. The summed E-state index contributed by atoms with van der Waals surface area (Å²) >= 11 is 7.71. The third-order valence-electron chi connectivity index (χ3n) is 4.76. The number of carbonyl (C=O) groups is 2. The van der Waals surface area contributed by atoms with E-state index in [0.29, 0.717) is 33.8 Å². The van der Waals surface area contributed by atoms with Crippen molar-refractivity contribution in [3.8, 4) is 0 Å². The molecule has 4 aromatic rings. The molecule has 0 bridgehead atoms. The van der Waals surface area contributed by atoms with Gasteiger partial charge in [0.1, 0.15) is 12.4 Å². The first-order chi connectivity index (χ1) is 15.8. The van der Waals surface area contributed by atoms with Gasteiger partial charge in [-0.25, -0.2) is 9.78 Å². The second-order valence-corrected chi connectivity index (χ2v) is 8.68. The van der Waals surface area contributed by atoms with Gasteiger partial charge < -0.3 is 9.15 Å². The summed E-state index contributed by atoms with van der Waals surface area (Å²) in [6.07, 6.45) is 3.47. The quantitative estimate of drug-likeness (QED) is 0.331. The number of halogens is 1. The standard InChI is InChI=1S/C23H21ClN4O4S/c1-14-9-15(2)21(19(24)10-14)28(16(3)29)23-26-17(13-33-23)12-31-22(30)20-6-5-18(32-20)11-27-8-4-7-25-27/h4-10,13H,11-12H2,1-3H3. The number of hydrogen-bond donors (Lipinski definition) is 0. The molecule has 0 aliphatic heterocycles. The van der Waals surface area contributed by atoms with Crippen LogP contribution in [0.25, 0.3) is 0 Å². The fourth-order valence-electron chi connectivity index (χ4n) is 3.38. The number of rotatable bonds is 7. The Morgan fingerprint density at radius 2 is 2.09 bits per heavy atom. The summed E-state index contributed by atoms with van der Waals surface area (Å²) < 4.78 is 12.6. The molecule has 0 unspecified atom stereocenters. The van der Waals surface area contributed by atoms with Crippen molar-refractivity contribution in [1.82, 2.24) is 14.8 Å². The first-order valence-corrected chi connectivity index (χ1v) is 11.3. The van der Waals surface area contributed by atoms with Crippen molar-refractivity contribution in [2.45, 2.75) is 33.9 Å². The van der Waals surface area contributed by atoms with E-state index in [-0.39, 0.29) is 18.3 Å². The Morgan fingerprint density at radius 3 is 2.79 bits per heavy atom. The largest absolute Gasteiger partial charge is 0.453 e. The summed E-state index contributed by atoms with van der Waals surface area (Å²) in [6.45, 7) is 5.64. The van der Waals surface area contributed by atoms with Crippen molar-refractivity contribution >= 4 is 45.6 Å². The van der Waals surface area contributed by atoms with E-state index < -0.39 is 5.97 Å². The minimum atomic E-state index is -0.600. The zero-order valence-corrected chi connectivity index (χ0v) is 19.8. The lowest BCUT2D eigenvalue weighted by molar-refractivity contribution is -0.115. The van der Waals surface area contributed by atoms with Crippen LogP contribution in [0.1, 0.15) is 40.1 Å². The van der Waals surface area contributed by atoms with Gasteiger partial charge in [-0.3, -0.25) is 14.4 Å². The molecular formula is C23H21ClN4O4S. The minimum absolute atomic E-state index is 0.0587. The van der Waals surface area contributed by atoms with Crippen molar-refractivity contribution in [3.05, 3.63) is 81.5 Å². The topological polar surface area (TPSA) is 90.5 Å². The van der Waals surface area contributed by atoms with Gasteiger partial charge in [-0.05, 0) is 49.2 Å². The Bertz CT molecular complexity index is 1270. The molecule has 0 fully saturated rings.